The molecule has 0 aliphatic carbocycles. The monoisotopic (exact) mass is 372 g/mol. The lowest BCUT2D eigenvalue weighted by atomic mass is 10.3. The van der Waals surface area contributed by atoms with Gasteiger partial charge in [-0.05, 0) is 19.5 Å². The van der Waals surface area contributed by atoms with E-state index in [1.807, 2.05) is 12.3 Å². The lowest BCUT2D eigenvalue weighted by molar-refractivity contribution is 0.0369. The third-order valence-electron chi connectivity index (χ3n) is 5.47. The fourth-order valence-corrected chi connectivity index (χ4v) is 3.68. The summed E-state index contributed by atoms with van der Waals surface area (Å²) in [5.41, 5.74) is 0.729. The second-order valence-corrected chi connectivity index (χ2v) is 7.38. The number of rotatable bonds is 5. The number of aryl methyl sites for hydroxylation is 1. The van der Waals surface area contributed by atoms with Crippen LogP contribution in [0.5, 0.6) is 0 Å². The van der Waals surface area contributed by atoms with Crippen molar-refractivity contribution in [2.24, 2.45) is 0 Å². The zero-order chi connectivity index (χ0) is 18.6. The first-order valence-corrected chi connectivity index (χ1v) is 9.80. The highest BCUT2D eigenvalue weighted by Gasteiger charge is 2.17. The summed E-state index contributed by atoms with van der Waals surface area (Å²) in [5, 5.41) is 0.599. The van der Waals surface area contributed by atoms with Gasteiger partial charge in [-0.25, -0.2) is 9.97 Å². The van der Waals surface area contributed by atoms with Crippen LogP contribution in [0, 0.1) is 0 Å². The molecule has 0 N–H and O–H groups in total. The molecular formula is C19H28N6O2. The molecular weight excluding hydrogens is 344 g/mol. The summed E-state index contributed by atoms with van der Waals surface area (Å²) in [6, 6.07) is 1.94. The summed E-state index contributed by atoms with van der Waals surface area (Å²) in [6.45, 7) is 9.13. The van der Waals surface area contributed by atoms with Crippen molar-refractivity contribution in [2.75, 3.05) is 71.0 Å². The maximum Gasteiger partial charge on any atom is 0.261 e. The maximum absolute atomic E-state index is 12.8. The van der Waals surface area contributed by atoms with Crippen LogP contribution in [0.15, 0.2) is 23.3 Å². The Morgan fingerprint density at radius 3 is 2.63 bits per heavy atom. The highest BCUT2D eigenvalue weighted by Crippen LogP contribution is 2.14. The fourth-order valence-electron chi connectivity index (χ4n) is 3.68. The number of fused-ring (bicyclic) bond motifs is 1. The Morgan fingerprint density at radius 1 is 1.07 bits per heavy atom. The Hall–Kier alpha value is -2.03. The molecule has 0 unspecified atom stereocenters. The van der Waals surface area contributed by atoms with Crippen molar-refractivity contribution >= 4 is 16.9 Å². The van der Waals surface area contributed by atoms with E-state index in [2.05, 4.69) is 31.7 Å². The molecule has 0 bridgehead atoms. The summed E-state index contributed by atoms with van der Waals surface area (Å²) < 4.78 is 7.15. The largest absolute Gasteiger partial charge is 0.379 e. The van der Waals surface area contributed by atoms with E-state index in [4.69, 9.17) is 4.74 Å². The predicted octanol–water partition coefficient (Wildman–Crippen LogP) is 0.266. The molecule has 2 saturated heterocycles. The molecule has 0 aromatic carbocycles. The molecule has 8 nitrogen and oxygen atoms in total. The summed E-state index contributed by atoms with van der Waals surface area (Å²) >= 11 is 0. The number of ether oxygens (including phenoxy) is 1. The number of piperazine rings is 1. The average molecular weight is 372 g/mol. The van der Waals surface area contributed by atoms with Crippen molar-refractivity contribution in [2.45, 2.75) is 13.0 Å². The van der Waals surface area contributed by atoms with Gasteiger partial charge in [0, 0.05) is 64.8 Å². The quantitative estimate of drug-likeness (QED) is 0.746. The lowest BCUT2D eigenvalue weighted by Gasteiger charge is -2.32. The smallest absolute Gasteiger partial charge is 0.261 e. The van der Waals surface area contributed by atoms with Gasteiger partial charge in [0.2, 0.25) is 5.95 Å². The van der Waals surface area contributed by atoms with Gasteiger partial charge in [-0.1, -0.05) is 0 Å². The molecule has 2 fully saturated rings. The van der Waals surface area contributed by atoms with E-state index in [1.54, 1.807) is 10.8 Å². The van der Waals surface area contributed by atoms with Gasteiger partial charge >= 0.3 is 0 Å². The van der Waals surface area contributed by atoms with Crippen LogP contribution in [0.4, 0.5) is 5.95 Å². The Balaban J connectivity index is 1.44. The molecule has 4 rings (SSSR count). The summed E-state index contributed by atoms with van der Waals surface area (Å²) in [6.07, 6.45) is 4.51. The first kappa shape index (κ1) is 18.3. The Labute approximate surface area is 159 Å². The Bertz CT molecular complexity index is 825. The lowest BCUT2D eigenvalue weighted by Crippen LogP contribution is -2.45. The van der Waals surface area contributed by atoms with E-state index in [1.165, 1.54) is 0 Å². The van der Waals surface area contributed by atoms with Crippen LogP contribution in [0.25, 0.3) is 10.9 Å². The molecule has 27 heavy (non-hydrogen) atoms. The van der Waals surface area contributed by atoms with E-state index in [-0.39, 0.29) is 5.56 Å². The molecule has 4 heterocycles. The summed E-state index contributed by atoms with van der Waals surface area (Å²) in [4.78, 5) is 28.8. The minimum Gasteiger partial charge on any atom is -0.379 e. The van der Waals surface area contributed by atoms with Crippen LogP contribution in [0.3, 0.4) is 0 Å². The fraction of sp³-hybridized carbons (Fsp3) is 0.632. The van der Waals surface area contributed by atoms with E-state index in [0.29, 0.717) is 11.9 Å². The highest BCUT2D eigenvalue weighted by atomic mass is 16.5. The van der Waals surface area contributed by atoms with Crippen molar-refractivity contribution in [3.8, 4) is 0 Å². The van der Waals surface area contributed by atoms with E-state index < -0.39 is 0 Å². The molecule has 0 spiro atoms. The van der Waals surface area contributed by atoms with Gasteiger partial charge < -0.3 is 19.1 Å². The van der Waals surface area contributed by atoms with Crippen molar-refractivity contribution in [3.63, 3.8) is 0 Å². The summed E-state index contributed by atoms with van der Waals surface area (Å²) in [7, 11) is 2.13. The van der Waals surface area contributed by atoms with Gasteiger partial charge in [0.25, 0.3) is 5.56 Å². The third kappa shape index (κ3) is 4.28. The Morgan fingerprint density at radius 2 is 1.85 bits per heavy atom. The number of anilines is 1. The number of hydrogen-bond donors (Lipinski definition) is 0. The van der Waals surface area contributed by atoms with E-state index >= 15 is 0 Å². The minimum atomic E-state index is -0.000551. The highest BCUT2D eigenvalue weighted by molar-refractivity contribution is 5.77. The van der Waals surface area contributed by atoms with Crippen LogP contribution in [-0.2, 0) is 11.3 Å². The number of morpholine rings is 1. The molecule has 2 aromatic rings. The van der Waals surface area contributed by atoms with Crippen molar-refractivity contribution in [3.05, 3.63) is 28.8 Å². The van der Waals surface area contributed by atoms with Gasteiger partial charge in [-0.3, -0.25) is 9.69 Å². The maximum atomic E-state index is 12.8. The Kier molecular flexibility index (Phi) is 5.66. The number of aromatic nitrogens is 3. The average Bonchev–Trinajstić information content (AvgIpc) is 2.71. The number of pyridine rings is 1. The van der Waals surface area contributed by atoms with Crippen molar-refractivity contribution < 1.29 is 4.74 Å². The van der Waals surface area contributed by atoms with Gasteiger partial charge in [-0.2, -0.15) is 0 Å². The number of nitrogens with zero attached hydrogens (tertiary/aromatic N) is 6. The molecule has 0 saturated carbocycles. The van der Waals surface area contributed by atoms with E-state index in [0.717, 1.165) is 76.9 Å². The number of likely N-dealkylation sites (N-methyl/N-ethyl adjacent to an activating group) is 1. The molecule has 2 aromatic heterocycles. The second kappa shape index (κ2) is 8.33. The molecule has 2 aliphatic rings. The second-order valence-electron chi connectivity index (χ2n) is 7.38. The van der Waals surface area contributed by atoms with Crippen LogP contribution in [0.1, 0.15) is 6.42 Å². The summed E-state index contributed by atoms with van der Waals surface area (Å²) in [5.74, 6) is 0.722. The van der Waals surface area contributed by atoms with E-state index in [9.17, 15) is 4.79 Å². The standard InChI is InChI=1S/C19H28N6O2/c1-22-7-9-25(10-8-22)19-20-15-16-17(21-19)3-6-24(18(16)26)5-2-4-23-11-13-27-14-12-23/h3,6,15H,2,4-5,7-14H2,1H3. The van der Waals surface area contributed by atoms with Gasteiger partial charge in [0.1, 0.15) is 0 Å². The van der Waals surface area contributed by atoms with Crippen LogP contribution < -0.4 is 10.5 Å². The molecule has 8 heteroatoms. The van der Waals surface area contributed by atoms with Gasteiger partial charge in [0.15, 0.2) is 0 Å². The first-order valence-electron chi connectivity index (χ1n) is 9.80. The first-order chi connectivity index (χ1) is 13.2. The normalized spacial score (nSPS) is 19.7. The third-order valence-corrected chi connectivity index (χ3v) is 5.47. The van der Waals surface area contributed by atoms with Crippen LogP contribution in [-0.4, -0.2) is 90.4 Å². The van der Waals surface area contributed by atoms with Crippen molar-refractivity contribution in [1.82, 2.24) is 24.3 Å². The van der Waals surface area contributed by atoms with Gasteiger partial charge in [-0.15, -0.1) is 0 Å². The SMILES string of the molecule is CN1CCN(c2ncc3c(=O)n(CCCN4CCOCC4)ccc3n2)CC1. The zero-order valence-electron chi connectivity index (χ0n) is 16.0. The van der Waals surface area contributed by atoms with Crippen LogP contribution in [0.2, 0.25) is 0 Å². The molecule has 0 atom stereocenters. The molecule has 2 aliphatic heterocycles. The van der Waals surface area contributed by atoms with Gasteiger partial charge in [0.05, 0.1) is 24.1 Å². The predicted molar refractivity (Wildman–Crippen MR) is 105 cm³/mol. The topological polar surface area (TPSA) is 66.7 Å². The van der Waals surface area contributed by atoms with Crippen molar-refractivity contribution in [1.29, 1.82) is 0 Å². The zero-order valence-corrected chi connectivity index (χ0v) is 16.0. The minimum absolute atomic E-state index is 0.000551. The molecule has 0 amide bonds. The molecule has 146 valence electrons. The molecule has 0 radical (unpaired) electrons. The van der Waals surface area contributed by atoms with Crippen LogP contribution >= 0.6 is 0 Å². The number of hydrogen-bond acceptors (Lipinski definition) is 7.